The van der Waals surface area contributed by atoms with E-state index in [0.29, 0.717) is 5.28 Å². The molecule has 0 unspecified atom stereocenters. The summed E-state index contributed by atoms with van der Waals surface area (Å²) in [6.07, 6.45) is 2.33. The van der Waals surface area contributed by atoms with Crippen LogP contribution in [0.5, 0.6) is 0 Å². The first-order valence-corrected chi connectivity index (χ1v) is 6.60. The number of hydrogen-bond acceptors (Lipinski definition) is 4. The molecule has 0 saturated heterocycles. The number of hydrogen-bond donors (Lipinski definition) is 0. The zero-order valence-electron chi connectivity index (χ0n) is 9.40. The van der Waals surface area contributed by atoms with Gasteiger partial charge >= 0.3 is 0 Å². The normalized spacial score (nSPS) is 10.9. The van der Waals surface area contributed by atoms with E-state index in [1.807, 2.05) is 18.5 Å². The van der Waals surface area contributed by atoms with Crippen molar-refractivity contribution in [1.29, 1.82) is 0 Å². The largest absolute Gasteiger partial charge is 0.359 e. The van der Waals surface area contributed by atoms with Gasteiger partial charge in [-0.25, -0.2) is 4.98 Å². The lowest BCUT2D eigenvalue weighted by molar-refractivity contribution is 0.761. The average molecular weight is 256 g/mol. The third-order valence-corrected chi connectivity index (χ3v) is 3.46. The van der Waals surface area contributed by atoms with Gasteiger partial charge in [0.2, 0.25) is 5.28 Å². The molecule has 5 heteroatoms. The highest BCUT2D eigenvalue weighted by Crippen LogP contribution is 2.28. The minimum atomic E-state index is 0.327. The Balaban J connectivity index is 2.38. The third kappa shape index (κ3) is 2.28. The summed E-state index contributed by atoms with van der Waals surface area (Å²) in [5.74, 6) is 0.935. The van der Waals surface area contributed by atoms with Crippen molar-refractivity contribution >= 4 is 39.0 Å². The standard InChI is InChI=1S/C11H14ClN3S/c1-3-4-6-15(2)9-8-5-7-16-10(8)14-11(12)13-9/h5,7H,3-4,6H2,1-2H3. The summed E-state index contributed by atoms with van der Waals surface area (Å²) in [7, 11) is 2.05. The van der Waals surface area contributed by atoms with Crippen LogP contribution in [0.1, 0.15) is 19.8 Å². The maximum absolute atomic E-state index is 5.92. The van der Waals surface area contributed by atoms with Crippen molar-refractivity contribution in [2.24, 2.45) is 0 Å². The van der Waals surface area contributed by atoms with Gasteiger partial charge in [-0.3, -0.25) is 0 Å². The number of rotatable bonds is 4. The van der Waals surface area contributed by atoms with E-state index >= 15 is 0 Å². The van der Waals surface area contributed by atoms with Gasteiger partial charge in [-0.1, -0.05) is 13.3 Å². The Kier molecular flexibility index (Phi) is 3.61. The van der Waals surface area contributed by atoms with Gasteiger partial charge in [0, 0.05) is 13.6 Å². The molecule has 0 aliphatic heterocycles. The number of aromatic nitrogens is 2. The molecule has 0 radical (unpaired) electrons. The van der Waals surface area contributed by atoms with Gasteiger partial charge in [-0.05, 0) is 29.5 Å². The second-order valence-electron chi connectivity index (χ2n) is 3.73. The molecule has 2 aromatic heterocycles. The van der Waals surface area contributed by atoms with Gasteiger partial charge in [0.1, 0.15) is 10.6 Å². The Hall–Kier alpha value is -0.870. The van der Waals surface area contributed by atoms with E-state index in [0.717, 1.165) is 29.0 Å². The first-order chi connectivity index (χ1) is 7.72. The number of thiophene rings is 1. The highest BCUT2D eigenvalue weighted by Gasteiger charge is 2.11. The predicted octanol–water partition coefficient (Wildman–Crippen LogP) is 3.58. The van der Waals surface area contributed by atoms with Gasteiger partial charge in [0.25, 0.3) is 0 Å². The van der Waals surface area contributed by atoms with Gasteiger partial charge < -0.3 is 4.90 Å². The second-order valence-corrected chi connectivity index (χ2v) is 4.96. The Morgan fingerprint density at radius 1 is 1.44 bits per heavy atom. The molecule has 0 aliphatic rings. The Bertz CT molecular complexity index is 483. The first kappa shape index (κ1) is 11.6. The fourth-order valence-corrected chi connectivity index (χ4v) is 2.58. The van der Waals surface area contributed by atoms with Gasteiger partial charge in [0.15, 0.2) is 0 Å². The number of halogens is 1. The molecule has 16 heavy (non-hydrogen) atoms. The molecule has 0 spiro atoms. The van der Waals surface area contributed by atoms with E-state index in [-0.39, 0.29) is 0 Å². The zero-order valence-corrected chi connectivity index (χ0v) is 11.0. The molecule has 2 rings (SSSR count). The molecule has 0 N–H and O–H groups in total. The van der Waals surface area contributed by atoms with Crippen molar-refractivity contribution in [3.8, 4) is 0 Å². The summed E-state index contributed by atoms with van der Waals surface area (Å²) in [5, 5.41) is 3.44. The molecule has 3 nitrogen and oxygen atoms in total. The molecule has 0 bridgehead atoms. The number of unbranched alkanes of at least 4 members (excludes halogenated alkanes) is 1. The summed E-state index contributed by atoms with van der Waals surface area (Å²) >= 11 is 7.51. The summed E-state index contributed by atoms with van der Waals surface area (Å²) in [6.45, 7) is 3.18. The van der Waals surface area contributed by atoms with E-state index in [9.17, 15) is 0 Å². The molecule has 0 fully saturated rings. The van der Waals surface area contributed by atoms with E-state index in [4.69, 9.17) is 11.6 Å². The van der Waals surface area contributed by atoms with E-state index < -0.39 is 0 Å². The van der Waals surface area contributed by atoms with Crippen LogP contribution in [0.4, 0.5) is 5.82 Å². The van der Waals surface area contributed by atoms with Crippen LogP contribution >= 0.6 is 22.9 Å². The monoisotopic (exact) mass is 255 g/mol. The lowest BCUT2D eigenvalue weighted by atomic mass is 10.3. The van der Waals surface area contributed by atoms with Crippen molar-refractivity contribution in [2.45, 2.75) is 19.8 Å². The van der Waals surface area contributed by atoms with Gasteiger partial charge in [-0.15, -0.1) is 11.3 Å². The highest BCUT2D eigenvalue weighted by molar-refractivity contribution is 7.16. The van der Waals surface area contributed by atoms with Crippen LogP contribution in [0.25, 0.3) is 10.2 Å². The van der Waals surface area contributed by atoms with Crippen molar-refractivity contribution in [3.63, 3.8) is 0 Å². The molecule has 0 atom stereocenters. The van der Waals surface area contributed by atoms with Crippen molar-refractivity contribution in [1.82, 2.24) is 9.97 Å². The van der Waals surface area contributed by atoms with Crippen LogP contribution < -0.4 is 4.90 Å². The van der Waals surface area contributed by atoms with Gasteiger partial charge in [0.05, 0.1) is 5.39 Å². The first-order valence-electron chi connectivity index (χ1n) is 5.34. The summed E-state index contributed by atoms with van der Waals surface area (Å²) in [6, 6.07) is 2.05. The predicted molar refractivity (Wildman–Crippen MR) is 70.6 cm³/mol. The summed E-state index contributed by atoms with van der Waals surface area (Å²) in [5.41, 5.74) is 0. The molecule has 0 aliphatic carbocycles. The van der Waals surface area contributed by atoms with Crippen LogP contribution in [0.3, 0.4) is 0 Å². The number of fused-ring (bicyclic) bond motifs is 1. The molecule has 2 heterocycles. The van der Waals surface area contributed by atoms with Crippen LogP contribution in [-0.4, -0.2) is 23.6 Å². The molecular formula is C11H14ClN3S. The topological polar surface area (TPSA) is 29.0 Å². The highest BCUT2D eigenvalue weighted by atomic mass is 35.5. The number of anilines is 1. The zero-order chi connectivity index (χ0) is 11.5. The van der Waals surface area contributed by atoms with E-state index in [2.05, 4.69) is 21.8 Å². The van der Waals surface area contributed by atoms with E-state index in [1.165, 1.54) is 6.42 Å². The average Bonchev–Trinajstić information content (AvgIpc) is 2.72. The molecule has 86 valence electrons. The Morgan fingerprint density at radius 3 is 3.00 bits per heavy atom. The third-order valence-electron chi connectivity index (χ3n) is 2.49. The lowest BCUT2D eigenvalue weighted by Crippen LogP contribution is -2.19. The van der Waals surface area contributed by atoms with Crippen LogP contribution in [0.15, 0.2) is 11.4 Å². The fourth-order valence-electron chi connectivity index (χ4n) is 1.61. The van der Waals surface area contributed by atoms with Crippen LogP contribution in [-0.2, 0) is 0 Å². The van der Waals surface area contributed by atoms with Crippen molar-refractivity contribution in [2.75, 3.05) is 18.5 Å². The van der Waals surface area contributed by atoms with Crippen molar-refractivity contribution in [3.05, 3.63) is 16.7 Å². The quantitative estimate of drug-likeness (QED) is 0.782. The SMILES string of the molecule is CCCCN(C)c1nc(Cl)nc2sccc12. The maximum atomic E-state index is 5.92. The summed E-state index contributed by atoms with van der Waals surface area (Å²) in [4.78, 5) is 11.6. The lowest BCUT2D eigenvalue weighted by Gasteiger charge is -2.18. The van der Waals surface area contributed by atoms with Crippen molar-refractivity contribution < 1.29 is 0 Å². The van der Waals surface area contributed by atoms with Gasteiger partial charge in [-0.2, -0.15) is 4.98 Å². The smallest absolute Gasteiger partial charge is 0.225 e. The molecular weight excluding hydrogens is 242 g/mol. The Labute approximate surface area is 104 Å². The molecule has 0 amide bonds. The second kappa shape index (κ2) is 4.97. The van der Waals surface area contributed by atoms with Crippen LogP contribution in [0.2, 0.25) is 5.28 Å². The minimum absolute atomic E-state index is 0.327. The fraction of sp³-hybridized carbons (Fsp3) is 0.455. The number of nitrogens with zero attached hydrogens (tertiary/aromatic N) is 3. The van der Waals surface area contributed by atoms with Crippen LogP contribution in [0, 0.1) is 0 Å². The molecule has 2 aromatic rings. The molecule has 0 aromatic carbocycles. The van der Waals surface area contributed by atoms with E-state index in [1.54, 1.807) is 11.3 Å². The summed E-state index contributed by atoms with van der Waals surface area (Å²) < 4.78 is 0. The maximum Gasteiger partial charge on any atom is 0.225 e. The minimum Gasteiger partial charge on any atom is -0.359 e. The molecule has 0 saturated carbocycles. The Morgan fingerprint density at radius 2 is 2.25 bits per heavy atom.